The fourth-order valence-electron chi connectivity index (χ4n) is 4.04. The van der Waals surface area contributed by atoms with E-state index in [9.17, 15) is 4.79 Å². The Morgan fingerprint density at radius 1 is 1.03 bits per heavy atom. The Morgan fingerprint density at radius 3 is 2.44 bits per heavy atom. The summed E-state index contributed by atoms with van der Waals surface area (Å²) in [5, 5.41) is 7.56. The van der Waals surface area contributed by atoms with Crippen molar-refractivity contribution in [1.29, 1.82) is 0 Å². The van der Waals surface area contributed by atoms with Crippen LogP contribution >= 0.6 is 0 Å². The summed E-state index contributed by atoms with van der Waals surface area (Å²) >= 11 is 0. The van der Waals surface area contributed by atoms with Gasteiger partial charge in [0.1, 0.15) is 22.6 Å². The average molecular weight is 479 g/mol. The van der Waals surface area contributed by atoms with E-state index in [1.165, 1.54) is 4.68 Å². The molecule has 2 aromatic heterocycles. The zero-order valence-corrected chi connectivity index (χ0v) is 20.1. The minimum Gasteiger partial charge on any atom is -0.497 e. The van der Waals surface area contributed by atoms with Crippen molar-refractivity contribution in [2.75, 3.05) is 19.4 Å². The number of carbonyl (C=O) groups excluding carboxylic acids is 1. The minimum atomic E-state index is -0.319. The number of methoxy groups -OCH3 is 1. The first-order valence-corrected chi connectivity index (χ1v) is 11.6. The molecule has 0 saturated heterocycles. The smallest absolute Gasteiger partial charge is 0.257 e. The van der Waals surface area contributed by atoms with Gasteiger partial charge in [-0.3, -0.25) is 4.79 Å². The number of aromatic nitrogens is 3. The van der Waals surface area contributed by atoms with E-state index in [2.05, 4.69) is 10.4 Å². The number of benzene rings is 3. The number of aryl methyl sites for hydroxylation is 1. The fourth-order valence-corrected chi connectivity index (χ4v) is 4.04. The lowest BCUT2D eigenvalue weighted by Gasteiger charge is -2.06. The molecule has 0 radical (unpaired) electrons. The Kier molecular flexibility index (Phi) is 6.32. The molecular weight excluding hydrogens is 452 g/mol. The number of amides is 1. The molecule has 0 fully saturated rings. The SMILES string of the molecule is COc1ccc(CCNC(=O)c2c(N)n(/N=C/c3ccccc3C)c3nc4ccccc4nc23)cc1. The van der Waals surface area contributed by atoms with E-state index in [0.29, 0.717) is 35.2 Å². The Balaban J connectivity index is 1.49. The standard InChI is InChI=1S/C28H26N6O2/c1-18-7-3-4-8-20(18)17-31-34-26(29)24(25-27(34)33-23-10-6-5-9-22(23)32-25)28(35)30-16-15-19-11-13-21(36-2)14-12-19/h3-14,17H,15-16,29H2,1-2H3,(H,30,35)/b31-17+. The van der Waals surface area contributed by atoms with Gasteiger partial charge in [-0.15, -0.1) is 0 Å². The highest BCUT2D eigenvalue weighted by molar-refractivity contribution is 6.10. The van der Waals surface area contributed by atoms with E-state index < -0.39 is 0 Å². The van der Waals surface area contributed by atoms with Gasteiger partial charge in [0, 0.05) is 6.54 Å². The van der Waals surface area contributed by atoms with Crippen LogP contribution in [0.2, 0.25) is 0 Å². The highest BCUT2D eigenvalue weighted by atomic mass is 16.5. The number of nitrogens with zero attached hydrogens (tertiary/aromatic N) is 4. The maximum Gasteiger partial charge on any atom is 0.257 e. The second kappa shape index (κ2) is 9.87. The van der Waals surface area contributed by atoms with Crippen molar-refractivity contribution in [2.45, 2.75) is 13.3 Å². The van der Waals surface area contributed by atoms with E-state index in [1.807, 2.05) is 79.7 Å². The predicted molar refractivity (Wildman–Crippen MR) is 143 cm³/mol. The van der Waals surface area contributed by atoms with Crippen LogP contribution in [-0.2, 0) is 6.42 Å². The zero-order valence-electron chi connectivity index (χ0n) is 20.1. The number of hydrogen-bond acceptors (Lipinski definition) is 6. The molecule has 0 aliphatic heterocycles. The molecule has 0 aliphatic rings. The molecule has 0 bridgehead atoms. The van der Waals surface area contributed by atoms with Crippen LogP contribution in [0.1, 0.15) is 27.0 Å². The number of ether oxygens (including phenoxy) is 1. The molecule has 0 unspecified atom stereocenters. The average Bonchev–Trinajstić information content (AvgIpc) is 3.17. The monoisotopic (exact) mass is 478 g/mol. The zero-order chi connectivity index (χ0) is 25.1. The van der Waals surface area contributed by atoms with Crippen molar-refractivity contribution in [1.82, 2.24) is 20.0 Å². The molecule has 0 saturated carbocycles. The highest BCUT2D eigenvalue weighted by Crippen LogP contribution is 2.28. The number of nitrogens with two attached hydrogens (primary N) is 1. The van der Waals surface area contributed by atoms with Gasteiger partial charge in [0.2, 0.25) is 0 Å². The van der Waals surface area contributed by atoms with Crippen molar-refractivity contribution in [3.8, 4) is 5.75 Å². The predicted octanol–water partition coefficient (Wildman–Crippen LogP) is 4.34. The first-order valence-electron chi connectivity index (χ1n) is 11.6. The van der Waals surface area contributed by atoms with Crippen LogP contribution in [0.3, 0.4) is 0 Å². The molecule has 8 nitrogen and oxygen atoms in total. The molecular formula is C28H26N6O2. The number of hydrogen-bond donors (Lipinski definition) is 2. The number of nitrogens with one attached hydrogen (secondary N) is 1. The maximum atomic E-state index is 13.3. The van der Waals surface area contributed by atoms with Crippen LogP contribution in [0.5, 0.6) is 5.75 Å². The summed E-state index contributed by atoms with van der Waals surface area (Å²) in [4.78, 5) is 22.8. The first kappa shape index (κ1) is 23.0. The quantitative estimate of drug-likeness (QED) is 0.339. The van der Waals surface area contributed by atoms with Gasteiger partial charge in [0.15, 0.2) is 5.65 Å². The summed E-state index contributed by atoms with van der Waals surface area (Å²) in [6, 6.07) is 23.1. The summed E-state index contributed by atoms with van der Waals surface area (Å²) in [6.07, 6.45) is 2.38. The molecule has 5 aromatic rings. The molecule has 3 aromatic carbocycles. The Labute approximate surface area is 208 Å². The molecule has 1 amide bonds. The van der Waals surface area contributed by atoms with Gasteiger partial charge in [-0.25, -0.2) is 9.97 Å². The highest BCUT2D eigenvalue weighted by Gasteiger charge is 2.24. The molecule has 36 heavy (non-hydrogen) atoms. The lowest BCUT2D eigenvalue weighted by Crippen LogP contribution is -2.26. The number of anilines is 1. The summed E-state index contributed by atoms with van der Waals surface area (Å²) in [5.41, 5.74) is 12.1. The van der Waals surface area contributed by atoms with Crippen molar-refractivity contribution < 1.29 is 9.53 Å². The second-order valence-electron chi connectivity index (χ2n) is 8.41. The topological polar surface area (TPSA) is 107 Å². The normalized spacial score (nSPS) is 11.4. The second-order valence-corrected chi connectivity index (χ2v) is 8.41. The molecule has 5 rings (SSSR count). The van der Waals surface area contributed by atoms with Gasteiger partial charge < -0.3 is 15.8 Å². The molecule has 2 heterocycles. The van der Waals surface area contributed by atoms with Gasteiger partial charge in [0.25, 0.3) is 5.91 Å². The largest absolute Gasteiger partial charge is 0.497 e. The first-order chi connectivity index (χ1) is 17.5. The summed E-state index contributed by atoms with van der Waals surface area (Å²) in [7, 11) is 1.63. The minimum absolute atomic E-state index is 0.187. The molecule has 8 heteroatoms. The Bertz CT molecular complexity index is 1590. The number of rotatable bonds is 7. The molecule has 0 aliphatic carbocycles. The van der Waals surface area contributed by atoms with Crippen molar-refractivity contribution in [3.05, 3.63) is 95.1 Å². The maximum absolute atomic E-state index is 13.3. The van der Waals surface area contributed by atoms with Crippen LogP contribution < -0.4 is 15.8 Å². The van der Waals surface area contributed by atoms with E-state index in [0.717, 1.165) is 22.4 Å². The van der Waals surface area contributed by atoms with E-state index >= 15 is 0 Å². The van der Waals surface area contributed by atoms with E-state index in [4.69, 9.17) is 20.4 Å². The Morgan fingerprint density at radius 2 is 1.72 bits per heavy atom. The summed E-state index contributed by atoms with van der Waals surface area (Å²) in [6.45, 7) is 2.44. The number of nitrogen functional groups attached to an aromatic ring is 1. The molecule has 3 N–H and O–H groups in total. The summed E-state index contributed by atoms with van der Waals surface area (Å²) < 4.78 is 6.69. The third kappa shape index (κ3) is 4.48. The third-order valence-corrected chi connectivity index (χ3v) is 6.06. The van der Waals surface area contributed by atoms with Crippen molar-refractivity contribution in [3.63, 3.8) is 0 Å². The Hall–Kier alpha value is -4.72. The van der Waals surface area contributed by atoms with Gasteiger partial charge in [0.05, 0.1) is 24.4 Å². The van der Waals surface area contributed by atoms with Crippen molar-refractivity contribution >= 4 is 40.1 Å². The lowest BCUT2D eigenvalue weighted by molar-refractivity contribution is 0.0956. The molecule has 180 valence electrons. The van der Waals surface area contributed by atoms with Crippen LogP contribution in [0.4, 0.5) is 5.82 Å². The van der Waals surface area contributed by atoms with E-state index in [1.54, 1.807) is 13.3 Å². The van der Waals surface area contributed by atoms with Crippen LogP contribution in [0.15, 0.2) is 77.9 Å². The van der Waals surface area contributed by atoms with Crippen LogP contribution in [-0.4, -0.2) is 40.4 Å². The van der Waals surface area contributed by atoms with Gasteiger partial charge in [-0.1, -0.05) is 48.5 Å². The van der Waals surface area contributed by atoms with Crippen molar-refractivity contribution in [2.24, 2.45) is 5.10 Å². The van der Waals surface area contributed by atoms with Gasteiger partial charge in [-0.05, 0) is 54.3 Å². The van der Waals surface area contributed by atoms with E-state index in [-0.39, 0.29) is 17.3 Å². The summed E-state index contributed by atoms with van der Waals surface area (Å²) in [5.74, 6) is 0.660. The van der Waals surface area contributed by atoms with Gasteiger partial charge in [-0.2, -0.15) is 9.78 Å². The fraction of sp³-hybridized carbons (Fsp3) is 0.143. The number of fused-ring (bicyclic) bond motifs is 2. The number of para-hydroxylation sites is 2. The molecule has 0 spiro atoms. The lowest BCUT2D eigenvalue weighted by atomic mass is 10.1. The van der Waals surface area contributed by atoms with Crippen LogP contribution in [0.25, 0.3) is 22.2 Å². The number of carbonyl (C=O) groups is 1. The molecule has 0 atom stereocenters. The van der Waals surface area contributed by atoms with Crippen LogP contribution in [0, 0.1) is 6.92 Å². The third-order valence-electron chi connectivity index (χ3n) is 6.06. The van der Waals surface area contributed by atoms with Gasteiger partial charge >= 0.3 is 0 Å².